The molecule has 2 heterocycles. The Hall–Kier alpha value is -2.34. The Bertz CT molecular complexity index is 1060. The molecule has 1 spiro atoms. The zero-order chi connectivity index (χ0) is 22.0. The normalized spacial score (nSPS) is 24.6. The van der Waals surface area contributed by atoms with E-state index >= 15 is 0 Å². The van der Waals surface area contributed by atoms with Gasteiger partial charge >= 0.3 is 0 Å². The predicted octanol–water partition coefficient (Wildman–Crippen LogP) is 4.99. The topological polar surface area (TPSA) is 40.6 Å². The fraction of sp³-hybridized carbons (Fsp3) is 0.440. The predicted molar refractivity (Wildman–Crippen MR) is 121 cm³/mol. The molecule has 1 saturated heterocycles. The van der Waals surface area contributed by atoms with Gasteiger partial charge in [-0.2, -0.15) is 0 Å². The molecule has 2 aromatic carbocycles. The zero-order valence-corrected chi connectivity index (χ0v) is 19.0. The molecule has 2 aromatic rings. The lowest BCUT2D eigenvalue weighted by Gasteiger charge is -2.37. The molecular formula is C25H27FN2O2S. The highest BCUT2D eigenvalue weighted by atomic mass is 32.2. The minimum absolute atomic E-state index is 0.0265. The van der Waals surface area contributed by atoms with E-state index in [0.717, 1.165) is 41.6 Å². The number of halogens is 1. The lowest BCUT2D eigenvalue weighted by atomic mass is 9.83. The summed E-state index contributed by atoms with van der Waals surface area (Å²) < 4.78 is 13.2. The fourth-order valence-corrected chi connectivity index (χ4v) is 6.67. The number of amides is 2. The summed E-state index contributed by atoms with van der Waals surface area (Å²) in [6, 6.07) is 12.3. The first-order valence-electron chi connectivity index (χ1n) is 10.9. The Kier molecular flexibility index (Phi) is 4.70. The quantitative estimate of drug-likeness (QED) is 0.678. The van der Waals surface area contributed by atoms with Crippen LogP contribution in [0.3, 0.4) is 0 Å². The minimum Gasteiger partial charge on any atom is -0.314 e. The molecule has 0 N–H and O–H groups in total. The number of aryl methyl sites for hydroxylation is 1. The number of benzene rings is 2. The monoisotopic (exact) mass is 438 g/mol. The second kappa shape index (κ2) is 7.09. The summed E-state index contributed by atoms with van der Waals surface area (Å²) in [6.45, 7) is 7.14. The second-order valence-corrected chi connectivity index (χ2v) is 11.5. The maximum atomic E-state index is 14.1. The van der Waals surface area contributed by atoms with E-state index in [9.17, 15) is 14.0 Å². The minimum atomic E-state index is -1.03. The smallest absolute Gasteiger partial charge is 0.268 e. The summed E-state index contributed by atoms with van der Waals surface area (Å²) in [4.78, 5) is 30.3. The van der Waals surface area contributed by atoms with Crippen molar-refractivity contribution in [3.63, 3.8) is 0 Å². The molecule has 3 aliphatic rings. The third-order valence-electron chi connectivity index (χ3n) is 6.66. The first-order chi connectivity index (χ1) is 14.7. The SMILES string of the molecule is Cc1ccc2c(c1)C1(SC(C)(C)CN1C(=O)C1CCC1)C(=O)N2Cc1ccc(F)cc1. The highest BCUT2D eigenvalue weighted by Crippen LogP contribution is 2.60. The van der Waals surface area contributed by atoms with Gasteiger partial charge in [0.25, 0.3) is 5.91 Å². The van der Waals surface area contributed by atoms with Crippen molar-refractivity contribution in [2.45, 2.75) is 56.2 Å². The lowest BCUT2D eigenvalue weighted by Crippen LogP contribution is -2.52. The molecule has 162 valence electrons. The molecule has 4 nitrogen and oxygen atoms in total. The van der Waals surface area contributed by atoms with E-state index < -0.39 is 4.87 Å². The number of carbonyl (C=O) groups excluding carboxylic acids is 2. The standard InChI is InChI=1S/C25H27FN2O2S/c1-16-7-12-21-20(13-16)25(23(30)27(21)14-17-8-10-19(26)11-9-17)28(15-24(2,3)31-25)22(29)18-5-4-6-18/h7-13,18H,4-6,14-15H2,1-3H3. The Morgan fingerprint density at radius 3 is 2.52 bits per heavy atom. The van der Waals surface area contributed by atoms with Crippen molar-refractivity contribution >= 4 is 29.3 Å². The Balaban J connectivity index is 1.62. The summed E-state index contributed by atoms with van der Waals surface area (Å²) in [5.41, 5.74) is 3.67. The second-order valence-electron chi connectivity index (χ2n) is 9.60. The maximum Gasteiger partial charge on any atom is 0.268 e. The van der Waals surface area contributed by atoms with Crippen molar-refractivity contribution < 1.29 is 14.0 Å². The molecule has 1 aliphatic carbocycles. The van der Waals surface area contributed by atoms with Gasteiger partial charge in [-0.3, -0.25) is 9.59 Å². The van der Waals surface area contributed by atoms with Gasteiger partial charge < -0.3 is 9.80 Å². The Labute approximate surface area is 186 Å². The van der Waals surface area contributed by atoms with Crippen molar-refractivity contribution in [2.24, 2.45) is 5.92 Å². The molecule has 2 aliphatic heterocycles. The van der Waals surface area contributed by atoms with Crippen molar-refractivity contribution in [2.75, 3.05) is 11.4 Å². The van der Waals surface area contributed by atoms with Gasteiger partial charge in [0, 0.05) is 22.8 Å². The van der Waals surface area contributed by atoms with Gasteiger partial charge in [0.1, 0.15) is 5.82 Å². The van der Waals surface area contributed by atoms with Crippen LogP contribution in [-0.4, -0.2) is 28.0 Å². The number of anilines is 1. The van der Waals surface area contributed by atoms with E-state index in [1.807, 2.05) is 24.0 Å². The molecule has 0 radical (unpaired) electrons. The van der Waals surface area contributed by atoms with Crippen LogP contribution < -0.4 is 4.90 Å². The molecule has 6 heteroatoms. The number of carbonyl (C=O) groups is 2. The largest absolute Gasteiger partial charge is 0.314 e. The molecule has 31 heavy (non-hydrogen) atoms. The number of hydrogen-bond acceptors (Lipinski definition) is 3. The van der Waals surface area contributed by atoms with Crippen LogP contribution in [0.5, 0.6) is 0 Å². The van der Waals surface area contributed by atoms with Crippen molar-refractivity contribution in [1.29, 1.82) is 0 Å². The van der Waals surface area contributed by atoms with Crippen LogP contribution >= 0.6 is 11.8 Å². The van der Waals surface area contributed by atoms with Crippen molar-refractivity contribution in [3.05, 3.63) is 65.0 Å². The summed E-state index contributed by atoms with van der Waals surface area (Å²) >= 11 is 1.60. The molecule has 1 atom stereocenters. The van der Waals surface area contributed by atoms with Crippen molar-refractivity contribution in [1.82, 2.24) is 4.90 Å². The number of hydrogen-bond donors (Lipinski definition) is 0. The van der Waals surface area contributed by atoms with Crippen LogP contribution in [0, 0.1) is 18.7 Å². The highest BCUT2D eigenvalue weighted by molar-refractivity contribution is 8.02. The van der Waals surface area contributed by atoms with Crippen LogP contribution in [0.2, 0.25) is 0 Å². The van der Waals surface area contributed by atoms with Crippen LogP contribution in [0.25, 0.3) is 0 Å². The van der Waals surface area contributed by atoms with E-state index in [2.05, 4.69) is 19.9 Å². The van der Waals surface area contributed by atoms with Gasteiger partial charge in [-0.05, 0) is 57.4 Å². The van der Waals surface area contributed by atoms with Gasteiger partial charge in [-0.1, -0.05) is 36.2 Å². The first kappa shape index (κ1) is 20.6. The van der Waals surface area contributed by atoms with E-state index in [1.165, 1.54) is 12.1 Å². The summed E-state index contributed by atoms with van der Waals surface area (Å²) in [7, 11) is 0. The number of rotatable bonds is 3. The molecule has 0 aromatic heterocycles. The highest BCUT2D eigenvalue weighted by Gasteiger charge is 2.64. The average Bonchev–Trinajstić information content (AvgIpc) is 3.09. The van der Waals surface area contributed by atoms with Crippen LogP contribution in [0.1, 0.15) is 49.8 Å². The maximum absolute atomic E-state index is 14.1. The van der Waals surface area contributed by atoms with E-state index in [4.69, 9.17) is 0 Å². The van der Waals surface area contributed by atoms with Gasteiger partial charge in [0.2, 0.25) is 5.91 Å². The summed E-state index contributed by atoms with van der Waals surface area (Å²) in [5, 5.41) is 0. The molecule has 2 amide bonds. The van der Waals surface area contributed by atoms with Crippen LogP contribution in [0.15, 0.2) is 42.5 Å². The van der Waals surface area contributed by atoms with Crippen molar-refractivity contribution in [3.8, 4) is 0 Å². The van der Waals surface area contributed by atoms with Gasteiger partial charge in [0.15, 0.2) is 4.87 Å². The first-order valence-corrected chi connectivity index (χ1v) is 11.7. The van der Waals surface area contributed by atoms with Gasteiger partial charge in [0.05, 0.1) is 12.2 Å². The molecular weight excluding hydrogens is 411 g/mol. The third kappa shape index (κ3) is 3.18. The molecule has 1 unspecified atom stereocenters. The average molecular weight is 439 g/mol. The molecule has 5 rings (SSSR count). The molecule has 0 bridgehead atoms. The van der Waals surface area contributed by atoms with E-state index in [1.54, 1.807) is 28.8 Å². The summed E-state index contributed by atoms with van der Waals surface area (Å²) in [5.74, 6) is -0.234. The summed E-state index contributed by atoms with van der Waals surface area (Å²) in [6.07, 6.45) is 2.89. The van der Waals surface area contributed by atoms with E-state index in [-0.39, 0.29) is 28.3 Å². The molecule has 1 saturated carbocycles. The third-order valence-corrected chi connectivity index (χ3v) is 8.25. The van der Waals surface area contributed by atoms with Gasteiger partial charge in [-0.25, -0.2) is 4.39 Å². The fourth-order valence-electron chi connectivity index (χ4n) is 4.94. The number of nitrogens with zero attached hydrogens (tertiary/aromatic N) is 2. The van der Waals surface area contributed by atoms with E-state index in [0.29, 0.717) is 13.1 Å². The Morgan fingerprint density at radius 1 is 1.16 bits per heavy atom. The zero-order valence-electron chi connectivity index (χ0n) is 18.2. The van der Waals surface area contributed by atoms with Crippen LogP contribution in [-0.2, 0) is 21.0 Å². The Morgan fingerprint density at radius 2 is 1.87 bits per heavy atom. The number of fused-ring (bicyclic) bond motifs is 2. The number of thioether (sulfide) groups is 1. The molecule has 2 fully saturated rings. The van der Waals surface area contributed by atoms with Gasteiger partial charge in [-0.15, -0.1) is 11.8 Å². The lowest BCUT2D eigenvalue weighted by molar-refractivity contribution is -0.146. The van der Waals surface area contributed by atoms with Crippen LogP contribution in [0.4, 0.5) is 10.1 Å².